The predicted molar refractivity (Wildman–Crippen MR) is 72.2 cm³/mol. The fraction of sp³-hybridized carbons (Fsp3) is 0.500. The van der Waals surface area contributed by atoms with Gasteiger partial charge in [0, 0.05) is 35.5 Å². The average Bonchev–Trinajstić information content (AvgIpc) is 2.77. The second-order valence-electron chi connectivity index (χ2n) is 4.19. The molecule has 1 saturated heterocycles. The summed E-state index contributed by atoms with van der Waals surface area (Å²) in [4.78, 5) is 3.33. The first-order chi connectivity index (χ1) is 8.59. The number of hydrogen-bond donors (Lipinski definition) is 1. The molecule has 4 nitrogen and oxygen atoms in total. The van der Waals surface area contributed by atoms with Crippen molar-refractivity contribution in [2.75, 3.05) is 31.2 Å². The largest absolute Gasteiger partial charge is 0.384 e. The first-order valence-electron chi connectivity index (χ1n) is 5.69. The fourth-order valence-corrected chi connectivity index (χ4v) is 3.93. The van der Waals surface area contributed by atoms with Gasteiger partial charge in [-0.15, -0.1) is 11.3 Å². The Kier molecular flexibility index (Phi) is 4.40. The van der Waals surface area contributed by atoms with E-state index in [1.165, 1.54) is 4.88 Å². The number of aliphatic hydroxyl groups excluding tert-OH is 1. The van der Waals surface area contributed by atoms with Gasteiger partial charge in [-0.3, -0.25) is 4.90 Å². The van der Waals surface area contributed by atoms with Gasteiger partial charge in [0.15, 0.2) is 9.84 Å². The SMILES string of the molecule is O=S1(=O)CCN(Cc2cc(C#CCO)cs2)CC1. The molecule has 0 unspecified atom stereocenters. The van der Waals surface area contributed by atoms with Crippen molar-refractivity contribution in [3.63, 3.8) is 0 Å². The molecule has 2 heterocycles. The lowest BCUT2D eigenvalue weighted by Crippen LogP contribution is -2.39. The maximum Gasteiger partial charge on any atom is 0.152 e. The summed E-state index contributed by atoms with van der Waals surface area (Å²) in [5.41, 5.74) is 0.911. The van der Waals surface area contributed by atoms with Crippen LogP contribution in [0.25, 0.3) is 0 Å². The van der Waals surface area contributed by atoms with Gasteiger partial charge in [-0.05, 0) is 6.07 Å². The highest BCUT2D eigenvalue weighted by Gasteiger charge is 2.21. The number of hydrogen-bond acceptors (Lipinski definition) is 5. The minimum atomic E-state index is -2.80. The van der Waals surface area contributed by atoms with Crippen molar-refractivity contribution in [3.05, 3.63) is 21.9 Å². The molecule has 0 bridgehead atoms. The van der Waals surface area contributed by atoms with E-state index in [1.54, 1.807) is 11.3 Å². The van der Waals surface area contributed by atoms with Crippen LogP contribution in [0.2, 0.25) is 0 Å². The molecule has 0 atom stereocenters. The molecule has 0 amide bonds. The third-order valence-corrected chi connectivity index (χ3v) is 5.31. The van der Waals surface area contributed by atoms with E-state index in [0.717, 1.165) is 12.1 Å². The zero-order valence-electron chi connectivity index (χ0n) is 9.92. The van der Waals surface area contributed by atoms with Crippen LogP contribution in [0.1, 0.15) is 10.4 Å². The molecule has 2 rings (SSSR count). The van der Waals surface area contributed by atoms with Gasteiger partial charge >= 0.3 is 0 Å². The molecule has 6 heteroatoms. The van der Waals surface area contributed by atoms with Crippen molar-refractivity contribution in [2.45, 2.75) is 6.54 Å². The summed E-state index contributed by atoms with van der Waals surface area (Å²) in [6, 6.07) is 2.00. The van der Waals surface area contributed by atoms with E-state index < -0.39 is 9.84 Å². The molecule has 98 valence electrons. The molecule has 1 aromatic heterocycles. The summed E-state index contributed by atoms with van der Waals surface area (Å²) >= 11 is 1.62. The third kappa shape index (κ3) is 3.82. The molecular formula is C12H15NO3S2. The molecule has 0 aromatic carbocycles. The van der Waals surface area contributed by atoms with E-state index in [4.69, 9.17) is 5.11 Å². The Morgan fingerprint density at radius 3 is 2.78 bits per heavy atom. The van der Waals surface area contributed by atoms with Crippen LogP contribution in [0.3, 0.4) is 0 Å². The number of rotatable bonds is 2. The molecule has 0 radical (unpaired) electrons. The number of aliphatic hydroxyl groups is 1. The van der Waals surface area contributed by atoms with E-state index in [-0.39, 0.29) is 18.1 Å². The van der Waals surface area contributed by atoms with Gasteiger partial charge in [-0.2, -0.15) is 0 Å². The maximum atomic E-state index is 11.3. The van der Waals surface area contributed by atoms with Gasteiger partial charge in [0.05, 0.1) is 11.5 Å². The Morgan fingerprint density at radius 2 is 2.11 bits per heavy atom. The predicted octanol–water partition coefficient (Wildman–Crippen LogP) is 0.322. The molecular weight excluding hydrogens is 270 g/mol. The van der Waals surface area contributed by atoms with Crippen LogP contribution in [0.4, 0.5) is 0 Å². The van der Waals surface area contributed by atoms with Gasteiger partial charge in [-0.1, -0.05) is 11.8 Å². The Hall–Kier alpha value is -0.870. The van der Waals surface area contributed by atoms with Crippen molar-refractivity contribution in [2.24, 2.45) is 0 Å². The van der Waals surface area contributed by atoms with Gasteiger partial charge in [0.25, 0.3) is 0 Å². The molecule has 0 aliphatic carbocycles. The number of nitrogens with zero attached hydrogens (tertiary/aromatic N) is 1. The molecule has 1 aliphatic heterocycles. The second-order valence-corrected chi connectivity index (χ2v) is 7.49. The Labute approximate surface area is 111 Å². The minimum absolute atomic E-state index is 0.130. The Bertz CT molecular complexity index is 552. The van der Waals surface area contributed by atoms with E-state index in [1.807, 2.05) is 11.4 Å². The van der Waals surface area contributed by atoms with Crippen molar-refractivity contribution in [1.82, 2.24) is 4.90 Å². The van der Waals surface area contributed by atoms with Gasteiger partial charge in [0.2, 0.25) is 0 Å². The van der Waals surface area contributed by atoms with E-state index in [9.17, 15) is 8.42 Å². The number of thiophene rings is 1. The van der Waals surface area contributed by atoms with Crippen LogP contribution < -0.4 is 0 Å². The van der Waals surface area contributed by atoms with E-state index in [2.05, 4.69) is 16.7 Å². The van der Waals surface area contributed by atoms with Crippen LogP contribution in [0.5, 0.6) is 0 Å². The molecule has 0 spiro atoms. The molecule has 1 aliphatic rings. The smallest absolute Gasteiger partial charge is 0.152 e. The first-order valence-corrected chi connectivity index (χ1v) is 8.39. The maximum absolute atomic E-state index is 11.3. The highest BCUT2D eigenvalue weighted by Crippen LogP contribution is 2.17. The van der Waals surface area contributed by atoms with Crippen molar-refractivity contribution < 1.29 is 13.5 Å². The first kappa shape index (κ1) is 13.6. The monoisotopic (exact) mass is 285 g/mol. The molecule has 1 N–H and O–H groups in total. The lowest BCUT2D eigenvalue weighted by molar-refractivity contribution is 0.290. The lowest BCUT2D eigenvalue weighted by atomic mass is 10.3. The van der Waals surface area contributed by atoms with Gasteiger partial charge < -0.3 is 5.11 Å². The normalized spacial score (nSPS) is 19.2. The quantitative estimate of drug-likeness (QED) is 0.795. The van der Waals surface area contributed by atoms with Crippen LogP contribution in [0.15, 0.2) is 11.4 Å². The third-order valence-electron chi connectivity index (χ3n) is 2.78. The van der Waals surface area contributed by atoms with Crippen LogP contribution in [-0.4, -0.2) is 49.6 Å². The summed E-state index contributed by atoms with van der Waals surface area (Å²) in [6.45, 7) is 1.87. The Balaban J connectivity index is 1.92. The number of sulfone groups is 1. The van der Waals surface area contributed by atoms with Crippen LogP contribution in [0, 0.1) is 11.8 Å². The molecule has 1 aromatic rings. The van der Waals surface area contributed by atoms with Gasteiger partial charge in [0.1, 0.15) is 6.61 Å². The van der Waals surface area contributed by atoms with Crippen molar-refractivity contribution in [3.8, 4) is 11.8 Å². The summed E-state index contributed by atoms with van der Waals surface area (Å²) in [5.74, 6) is 5.99. The minimum Gasteiger partial charge on any atom is -0.384 e. The highest BCUT2D eigenvalue weighted by molar-refractivity contribution is 7.91. The molecule has 1 fully saturated rings. The standard InChI is InChI=1S/C12H15NO3S2/c14-5-1-2-11-8-12(17-10-11)9-13-3-6-18(15,16)7-4-13/h8,10,14H,3-7,9H2. The zero-order chi connectivity index (χ0) is 13.0. The van der Waals surface area contributed by atoms with Crippen molar-refractivity contribution >= 4 is 21.2 Å². The van der Waals surface area contributed by atoms with Crippen LogP contribution in [-0.2, 0) is 16.4 Å². The average molecular weight is 285 g/mol. The van der Waals surface area contributed by atoms with E-state index in [0.29, 0.717) is 13.1 Å². The summed E-state index contributed by atoms with van der Waals surface area (Å²) in [7, 11) is -2.80. The summed E-state index contributed by atoms with van der Waals surface area (Å²) < 4.78 is 22.6. The summed E-state index contributed by atoms with van der Waals surface area (Å²) in [6.07, 6.45) is 0. The van der Waals surface area contributed by atoms with Gasteiger partial charge in [-0.25, -0.2) is 8.42 Å². The molecule has 0 saturated carbocycles. The van der Waals surface area contributed by atoms with Crippen molar-refractivity contribution in [1.29, 1.82) is 0 Å². The second kappa shape index (κ2) is 5.85. The lowest BCUT2D eigenvalue weighted by Gasteiger charge is -2.25. The zero-order valence-corrected chi connectivity index (χ0v) is 11.6. The topological polar surface area (TPSA) is 57.6 Å². The summed E-state index contributed by atoms with van der Waals surface area (Å²) in [5, 5.41) is 10.6. The Morgan fingerprint density at radius 1 is 1.39 bits per heavy atom. The highest BCUT2D eigenvalue weighted by atomic mass is 32.2. The van der Waals surface area contributed by atoms with E-state index >= 15 is 0 Å². The van der Waals surface area contributed by atoms with Crippen LogP contribution >= 0.6 is 11.3 Å². The molecule has 18 heavy (non-hydrogen) atoms. The fourth-order valence-electron chi connectivity index (χ4n) is 1.80.